The van der Waals surface area contributed by atoms with E-state index in [4.69, 9.17) is 0 Å². The van der Waals surface area contributed by atoms with Gasteiger partial charge >= 0.3 is 6.03 Å². The summed E-state index contributed by atoms with van der Waals surface area (Å²) in [5.74, 6) is -0.210. The minimum absolute atomic E-state index is 0.00904. The Morgan fingerprint density at radius 1 is 1.29 bits per heavy atom. The van der Waals surface area contributed by atoms with Gasteiger partial charge in [0.25, 0.3) is 0 Å². The SMILES string of the molecule is CC(C)NC(=O)N(C)C1CCN(c2ccc(F)cc2)CC1. The number of amides is 2. The molecule has 0 spiro atoms. The van der Waals surface area contributed by atoms with Crippen LogP contribution in [0.5, 0.6) is 0 Å². The molecule has 0 unspecified atom stereocenters. The van der Waals surface area contributed by atoms with E-state index >= 15 is 0 Å². The number of anilines is 1. The molecule has 1 aromatic carbocycles. The zero-order chi connectivity index (χ0) is 15.4. The highest BCUT2D eigenvalue weighted by atomic mass is 19.1. The van der Waals surface area contributed by atoms with Gasteiger partial charge < -0.3 is 15.1 Å². The van der Waals surface area contributed by atoms with E-state index in [1.54, 1.807) is 0 Å². The summed E-state index contributed by atoms with van der Waals surface area (Å²) in [6, 6.07) is 7.01. The van der Waals surface area contributed by atoms with E-state index in [0.717, 1.165) is 31.6 Å². The van der Waals surface area contributed by atoms with Crippen LogP contribution in [0, 0.1) is 5.82 Å². The Morgan fingerprint density at radius 2 is 1.86 bits per heavy atom. The lowest BCUT2D eigenvalue weighted by Crippen LogP contribution is -2.50. The van der Waals surface area contributed by atoms with Crippen LogP contribution in [0.3, 0.4) is 0 Å². The van der Waals surface area contributed by atoms with Crippen LogP contribution >= 0.6 is 0 Å². The van der Waals surface area contributed by atoms with Gasteiger partial charge in [-0.2, -0.15) is 0 Å². The molecule has 1 heterocycles. The van der Waals surface area contributed by atoms with Crippen molar-refractivity contribution >= 4 is 11.7 Å². The summed E-state index contributed by atoms with van der Waals surface area (Å²) in [4.78, 5) is 16.0. The molecule has 1 aromatic rings. The van der Waals surface area contributed by atoms with Crippen molar-refractivity contribution in [1.29, 1.82) is 0 Å². The summed E-state index contributed by atoms with van der Waals surface area (Å²) in [6.45, 7) is 5.69. The molecule has 1 aliphatic rings. The number of carbonyl (C=O) groups excluding carboxylic acids is 1. The van der Waals surface area contributed by atoms with Crippen LogP contribution in [0.2, 0.25) is 0 Å². The number of nitrogens with zero attached hydrogens (tertiary/aromatic N) is 2. The van der Waals surface area contributed by atoms with Gasteiger partial charge in [0.1, 0.15) is 5.82 Å². The molecule has 5 heteroatoms. The van der Waals surface area contributed by atoms with Gasteiger partial charge in [0.05, 0.1) is 0 Å². The lowest BCUT2D eigenvalue weighted by atomic mass is 10.0. The summed E-state index contributed by atoms with van der Waals surface area (Å²) < 4.78 is 12.9. The van der Waals surface area contributed by atoms with Crippen molar-refractivity contribution in [1.82, 2.24) is 10.2 Å². The Hall–Kier alpha value is -1.78. The van der Waals surface area contributed by atoms with Gasteiger partial charge in [-0.15, -0.1) is 0 Å². The summed E-state index contributed by atoms with van der Waals surface area (Å²) in [5.41, 5.74) is 1.05. The van der Waals surface area contributed by atoms with Gasteiger partial charge in [0.15, 0.2) is 0 Å². The molecule has 1 fully saturated rings. The molecule has 0 bridgehead atoms. The number of urea groups is 1. The topological polar surface area (TPSA) is 35.6 Å². The molecular formula is C16H24FN3O. The molecule has 0 saturated carbocycles. The molecule has 4 nitrogen and oxygen atoms in total. The van der Waals surface area contributed by atoms with E-state index in [1.807, 2.05) is 37.9 Å². The second kappa shape index (κ2) is 6.78. The van der Waals surface area contributed by atoms with E-state index in [-0.39, 0.29) is 23.9 Å². The molecule has 0 atom stereocenters. The first-order valence-electron chi connectivity index (χ1n) is 7.51. The standard InChI is InChI=1S/C16H24FN3O/c1-12(2)18-16(21)19(3)14-8-10-20(11-9-14)15-6-4-13(17)5-7-15/h4-7,12,14H,8-11H2,1-3H3,(H,18,21). The van der Waals surface area contributed by atoms with Crippen LogP contribution in [-0.2, 0) is 0 Å². The number of benzene rings is 1. The Bertz CT molecular complexity index is 467. The highest BCUT2D eigenvalue weighted by Gasteiger charge is 2.25. The van der Waals surface area contributed by atoms with E-state index in [1.165, 1.54) is 12.1 Å². The van der Waals surface area contributed by atoms with E-state index in [2.05, 4.69) is 10.2 Å². The monoisotopic (exact) mass is 293 g/mol. The third-order valence-electron chi connectivity index (χ3n) is 3.94. The Labute approximate surface area is 125 Å². The van der Waals surface area contributed by atoms with Gasteiger partial charge in [0, 0.05) is 37.9 Å². The van der Waals surface area contributed by atoms with Crippen LogP contribution in [-0.4, -0.2) is 43.2 Å². The Morgan fingerprint density at radius 3 is 2.38 bits per heavy atom. The Balaban J connectivity index is 1.88. The molecule has 1 N–H and O–H groups in total. The summed E-state index contributed by atoms with van der Waals surface area (Å²) in [7, 11) is 1.86. The molecule has 0 radical (unpaired) electrons. The molecule has 2 rings (SSSR count). The van der Waals surface area contributed by atoms with Gasteiger partial charge in [-0.3, -0.25) is 0 Å². The van der Waals surface area contributed by atoms with Crippen molar-refractivity contribution in [2.45, 2.75) is 38.8 Å². The summed E-state index contributed by atoms with van der Waals surface area (Å²) in [5, 5.41) is 2.92. The molecule has 1 aliphatic heterocycles. The van der Waals surface area contributed by atoms with Crippen molar-refractivity contribution in [2.24, 2.45) is 0 Å². The lowest BCUT2D eigenvalue weighted by Gasteiger charge is -2.38. The van der Waals surface area contributed by atoms with Crippen LogP contribution in [0.1, 0.15) is 26.7 Å². The zero-order valence-corrected chi connectivity index (χ0v) is 13.0. The lowest BCUT2D eigenvalue weighted by molar-refractivity contribution is 0.177. The van der Waals surface area contributed by atoms with E-state index in [0.29, 0.717) is 0 Å². The molecular weight excluding hydrogens is 269 g/mol. The number of nitrogens with one attached hydrogen (secondary N) is 1. The third kappa shape index (κ3) is 4.09. The molecule has 116 valence electrons. The summed E-state index contributed by atoms with van der Waals surface area (Å²) >= 11 is 0. The van der Waals surface area contributed by atoms with Crippen molar-refractivity contribution < 1.29 is 9.18 Å². The molecule has 1 saturated heterocycles. The molecule has 0 aliphatic carbocycles. The highest BCUT2D eigenvalue weighted by molar-refractivity contribution is 5.74. The first kappa shape index (κ1) is 15.6. The fourth-order valence-electron chi connectivity index (χ4n) is 2.68. The molecule has 2 amide bonds. The quantitative estimate of drug-likeness (QED) is 0.930. The maximum absolute atomic E-state index is 12.9. The van der Waals surface area contributed by atoms with E-state index in [9.17, 15) is 9.18 Å². The van der Waals surface area contributed by atoms with Gasteiger partial charge in [0.2, 0.25) is 0 Å². The average molecular weight is 293 g/mol. The fraction of sp³-hybridized carbons (Fsp3) is 0.562. The van der Waals surface area contributed by atoms with Crippen LogP contribution in [0.15, 0.2) is 24.3 Å². The first-order valence-corrected chi connectivity index (χ1v) is 7.51. The minimum Gasteiger partial charge on any atom is -0.371 e. The number of carbonyl (C=O) groups is 1. The Kier molecular flexibility index (Phi) is 5.04. The predicted molar refractivity (Wildman–Crippen MR) is 83.1 cm³/mol. The van der Waals surface area contributed by atoms with E-state index < -0.39 is 0 Å². The van der Waals surface area contributed by atoms with Gasteiger partial charge in [-0.05, 0) is 51.0 Å². The van der Waals surface area contributed by atoms with Crippen LogP contribution in [0.25, 0.3) is 0 Å². The second-order valence-corrected chi connectivity index (χ2v) is 5.91. The van der Waals surface area contributed by atoms with Crippen molar-refractivity contribution in [3.8, 4) is 0 Å². The second-order valence-electron chi connectivity index (χ2n) is 5.91. The smallest absolute Gasteiger partial charge is 0.317 e. The number of hydrogen-bond acceptors (Lipinski definition) is 2. The van der Waals surface area contributed by atoms with Gasteiger partial charge in [-0.25, -0.2) is 9.18 Å². The fourth-order valence-corrected chi connectivity index (χ4v) is 2.68. The first-order chi connectivity index (χ1) is 9.97. The van der Waals surface area contributed by atoms with Crippen molar-refractivity contribution in [3.05, 3.63) is 30.1 Å². The highest BCUT2D eigenvalue weighted by Crippen LogP contribution is 2.22. The number of piperidine rings is 1. The van der Waals surface area contributed by atoms with Crippen molar-refractivity contribution in [2.75, 3.05) is 25.0 Å². The van der Waals surface area contributed by atoms with Gasteiger partial charge in [-0.1, -0.05) is 0 Å². The van der Waals surface area contributed by atoms with Crippen LogP contribution < -0.4 is 10.2 Å². The molecule has 21 heavy (non-hydrogen) atoms. The van der Waals surface area contributed by atoms with Crippen molar-refractivity contribution in [3.63, 3.8) is 0 Å². The zero-order valence-electron chi connectivity index (χ0n) is 13.0. The maximum Gasteiger partial charge on any atom is 0.317 e. The minimum atomic E-state index is -0.210. The third-order valence-corrected chi connectivity index (χ3v) is 3.94. The number of rotatable bonds is 3. The largest absolute Gasteiger partial charge is 0.371 e. The maximum atomic E-state index is 12.9. The summed E-state index contributed by atoms with van der Waals surface area (Å²) in [6.07, 6.45) is 1.86. The average Bonchev–Trinajstić information content (AvgIpc) is 2.47. The number of halogens is 1. The van der Waals surface area contributed by atoms with Crippen LogP contribution in [0.4, 0.5) is 14.9 Å². The predicted octanol–water partition coefficient (Wildman–Crippen LogP) is 2.84. The molecule has 0 aromatic heterocycles. The normalized spacial score (nSPS) is 16.1. The number of hydrogen-bond donors (Lipinski definition) is 1.